The minimum atomic E-state index is -0.320. The van der Waals surface area contributed by atoms with E-state index in [0.717, 1.165) is 24.6 Å². The van der Waals surface area contributed by atoms with Gasteiger partial charge in [0.25, 0.3) is 0 Å². The fourth-order valence-electron chi connectivity index (χ4n) is 3.26. The van der Waals surface area contributed by atoms with Crippen LogP contribution in [0.15, 0.2) is 24.3 Å². The van der Waals surface area contributed by atoms with E-state index in [1.807, 2.05) is 0 Å². The molecule has 0 aromatic heterocycles. The first kappa shape index (κ1) is 15.5. The molecule has 0 saturated carbocycles. The van der Waals surface area contributed by atoms with Crippen LogP contribution < -0.4 is 0 Å². The Morgan fingerprint density at radius 3 is 2.70 bits per heavy atom. The summed E-state index contributed by atoms with van der Waals surface area (Å²) < 4.78 is 0. The Morgan fingerprint density at radius 1 is 1.25 bits per heavy atom. The van der Waals surface area contributed by atoms with Crippen molar-refractivity contribution in [2.75, 3.05) is 13.1 Å². The fourth-order valence-corrected chi connectivity index (χ4v) is 3.26. The van der Waals surface area contributed by atoms with Crippen LogP contribution in [-0.2, 0) is 0 Å². The Hall–Kier alpha value is -0.860. The lowest BCUT2D eigenvalue weighted by molar-refractivity contribution is 0.0987. The van der Waals surface area contributed by atoms with E-state index in [9.17, 15) is 5.11 Å². The number of hydrogen-bond acceptors (Lipinski definition) is 2. The minimum Gasteiger partial charge on any atom is -0.388 e. The van der Waals surface area contributed by atoms with Crippen molar-refractivity contribution in [1.29, 1.82) is 0 Å². The molecule has 1 N–H and O–H groups in total. The molecule has 0 amide bonds. The summed E-state index contributed by atoms with van der Waals surface area (Å²) in [5.74, 6) is 0. The zero-order valence-corrected chi connectivity index (χ0v) is 13.0. The van der Waals surface area contributed by atoms with Crippen LogP contribution in [0.5, 0.6) is 0 Å². The van der Waals surface area contributed by atoms with Gasteiger partial charge < -0.3 is 10.0 Å². The van der Waals surface area contributed by atoms with E-state index in [2.05, 4.69) is 43.0 Å². The second-order valence-electron chi connectivity index (χ2n) is 6.19. The highest BCUT2D eigenvalue weighted by Gasteiger charge is 2.22. The van der Waals surface area contributed by atoms with Crippen LogP contribution in [0, 0.1) is 6.92 Å². The molecule has 1 aromatic carbocycles. The summed E-state index contributed by atoms with van der Waals surface area (Å²) in [4.78, 5) is 2.60. The summed E-state index contributed by atoms with van der Waals surface area (Å²) in [6.07, 6.45) is 7.14. The third-order valence-electron chi connectivity index (χ3n) is 4.52. The van der Waals surface area contributed by atoms with Crippen LogP contribution in [-0.4, -0.2) is 29.1 Å². The Labute approximate surface area is 123 Å². The van der Waals surface area contributed by atoms with Crippen molar-refractivity contribution in [2.45, 2.75) is 64.5 Å². The number of nitrogens with zero attached hydrogens (tertiary/aromatic N) is 1. The number of hydrogen-bond donors (Lipinski definition) is 1. The van der Waals surface area contributed by atoms with E-state index in [1.54, 1.807) is 0 Å². The molecule has 1 fully saturated rings. The predicted octanol–water partition coefficient (Wildman–Crippen LogP) is 4.07. The molecule has 2 rings (SSSR count). The van der Waals surface area contributed by atoms with Gasteiger partial charge in [-0.3, -0.25) is 0 Å². The van der Waals surface area contributed by atoms with Gasteiger partial charge in [-0.25, -0.2) is 0 Å². The Bertz CT molecular complexity index is 385. The topological polar surface area (TPSA) is 23.5 Å². The average molecular weight is 275 g/mol. The number of rotatable bonds is 6. The molecular weight excluding hydrogens is 246 g/mol. The summed E-state index contributed by atoms with van der Waals surface area (Å²) in [6, 6.07) is 9.02. The smallest absolute Gasteiger partial charge is 0.0802 e. The highest BCUT2D eigenvalue weighted by atomic mass is 16.3. The fraction of sp³-hybridized carbons (Fsp3) is 0.667. The largest absolute Gasteiger partial charge is 0.388 e. The highest BCUT2D eigenvalue weighted by molar-refractivity contribution is 5.23. The maximum absolute atomic E-state index is 10.3. The molecule has 2 nitrogen and oxygen atoms in total. The van der Waals surface area contributed by atoms with Gasteiger partial charge in [-0.1, -0.05) is 49.6 Å². The standard InChI is InChI=1S/C18H29NO/c1-3-6-17-7-4-5-13-19(17)14-12-18(20)16-10-8-15(2)9-11-16/h8-11,17-18,20H,3-7,12-14H2,1-2H3. The molecule has 0 aliphatic carbocycles. The van der Waals surface area contributed by atoms with Gasteiger partial charge in [0, 0.05) is 12.6 Å². The first-order valence-corrected chi connectivity index (χ1v) is 8.19. The average Bonchev–Trinajstić information content (AvgIpc) is 2.47. The summed E-state index contributed by atoms with van der Waals surface area (Å²) in [5.41, 5.74) is 2.31. The lowest BCUT2D eigenvalue weighted by Gasteiger charge is -2.36. The molecule has 2 heteroatoms. The molecule has 1 saturated heterocycles. The summed E-state index contributed by atoms with van der Waals surface area (Å²) >= 11 is 0. The van der Waals surface area contributed by atoms with Crippen LogP contribution in [0.3, 0.4) is 0 Å². The quantitative estimate of drug-likeness (QED) is 0.846. The second-order valence-corrected chi connectivity index (χ2v) is 6.19. The van der Waals surface area contributed by atoms with Crippen LogP contribution >= 0.6 is 0 Å². The van der Waals surface area contributed by atoms with E-state index in [0.29, 0.717) is 0 Å². The maximum atomic E-state index is 10.3. The molecule has 2 atom stereocenters. The Balaban J connectivity index is 1.85. The van der Waals surface area contributed by atoms with Crippen molar-refractivity contribution in [2.24, 2.45) is 0 Å². The predicted molar refractivity (Wildman–Crippen MR) is 84.9 cm³/mol. The molecule has 112 valence electrons. The normalized spacial score (nSPS) is 21.9. The number of benzene rings is 1. The molecule has 1 aliphatic heterocycles. The van der Waals surface area contributed by atoms with Crippen molar-refractivity contribution in [3.63, 3.8) is 0 Å². The number of piperidine rings is 1. The first-order valence-electron chi connectivity index (χ1n) is 8.19. The van der Waals surface area contributed by atoms with Crippen LogP contribution in [0.1, 0.15) is 62.7 Å². The Morgan fingerprint density at radius 2 is 2.00 bits per heavy atom. The molecule has 20 heavy (non-hydrogen) atoms. The van der Waals surface area contributed by atoms with Crippen molar-refractivity contribution in [1.82, 2.24) is 4.90 Å². The molecule has 1 heterocycles. The lowest BCUT2D eigenvalue weighted by Crippen LogP contribution is -2.40. The van der Waals surface area contributed by atoms with E-state index >= 15 is 0 Å². The highest BCUT2D eigenvalue weighted by Crippen LogP contribution is 2.23. The zero-order valence-electron chi connectivity index (χ0n) is 13.0. The van der Waals surface area contributed by atoms with Crippen molar-refractivity contribution >= 4 is 0 Å². The van der Waals surface area contributed by atoms with Gasteiger partial charge >= 0.3 is 0 Å². The van der Waals surface area contributed by atoms with Gasteiger partial charge in [0.15, 0.2) is 0 Å². The number of likely N-dealkylation sites (tertiary alicyclic amines) is 1. The molecule has 2 unspecified atom stereocenters. The van der Waals surface area contributed by atoms with Gasteiger partial charge in [-0.2, -0.15) is 0 Å². The van der Waals surface area contributed by atoms with Gasteiger partial charge in [0.1, 0.15) is 0 Å². The van der Waals surface area contributed by atoms with E-state index < -0.39 is 0 Å². The van der Waals surface area contributed by atoms with Gasteiger partial charge in [-0.15, -0.1) is 0 Å². The third-order valence-corrected chi connectivity index (χ3v) is 4.52. The summed E-state index contributed by atoms with van der Waals surface area (Å²) in [5, 5.41) is 10.3. The van der Waals surface area contributed by atoms with Crippen molar-refractivity contribution < 1.29 is 5.11 Å². The first-order chi connectivity index (χ1) is 9.70. The van der Waals surface area contributed by atoms with Gasteiger partial charge in [-0.05, 0) is 44.7 Å². The van der Waals surface area contributed by atoms with Gasteiger partial charge in [0.05, 0.1) is 6.10 Å². The number of aryl methyl sites for hydroxylation is 1. The van der Waals surface area contributed by atoms with E-state index in [4.69, 9.17) is 0 Å². The second kappa shape index (κ2) is 7.80. The zero-order chi connectivity index (χ0) is 14.4. The van der Waals surface area contributed by atoms with Gasteiger partial charge in [0.2, 0.25) is 0 Å². The SMILES string of the molecule is CCCC1CCCCN1CCC(O)c1ccc(C)cc1. The molecule has 1 aliphatic rings. The molecule has 0 spiro atoms. The molecule has 1 aromatic rings. The number of aliphatic hydroxyl groups excluding tert-OH is 1. The molecule has 0 radical (unpaired) electrons. The maximum Gasteiger partial charge on any atom is 0.0802 e. The van der Waals surface area contributed by atoms with Crippen molar-refractivity contribution in [3.05, 3.63) is 35.4 Å². The summed E-state index contributed by atoms with van der Waals surface area (Å²) in [6.45, 7) is 6.60. The lowest BCUT2D eigenvalue weighted by atomic mass is 9.97. The van der Waals surface area contributed by atoms with E-state index in [-0.39, 0.29) is 6.10 Å². The minimum absolute atomic E-state index is 0.320. The van der Waals surface area contributed by atoms with Crippen LogP contribution in [0.4, 0.5) is 0 Å². The summed E-state index contributed by atoms with van der Waals surface area (Å²) in [7, 11) is 0. The van der Waals surface area contributed by atoms with E-state index in [1.165, 1.54) is 44.2 Å². The van der Waals surface area contributed by atoms with Crippen LogP contribution in [0.2, 0.25) is 0 Å². The number of aliphatic hydroxyl groups is 1. The van der Waals surface area contributed by atoms with Crippen molar-refractivity contribution in [3.8, 4) is 0 Å². The molecular formula is C18H29NO. The Kier molecular flexibility index (Phi) is 6.06. The van der Waals surface area contributed by atoms with Crippen LogP contribution in [0.25, 0.3) is 0 Å². The monoisotopic (exact) mass is 275 g/mol. The molecule has 0 bridgehead atoms. The third kappa shape index (κ3) is 4.32.